The molecule has 41 heavy (non-hydrogen) atoms. The Morgan fingerprint density at radius 3 is 1.15 bits per heavy atom. The van der Waals surface area contributed by atoms with Crippen molar-refractivity contribution in [3.63, 3.8) is 0 Å². The topological polar surface area (TPSA) is 40.5 Å². The van der Waals surface area contributed by atoms with Crippen LogP contribution in [-0.4, -0.2) is 17.2 Å². The quantitative estimate of drug-likeness (QED) is 0.180. The van der Waals surface area contributed by atoms with Gasteiger partial charge in [0.1, 0.15) is 0 Å². The number of hydrogen-bond acceptors (Lipinski definition) is 2. The van der Waals surface area contributed by atoms with Crippen LogP contribution in [0.4, 0.5) is 0 Å². The summed E-state index contributed by atoms with van der Waals surface area (Å²) in [7, 11) is -1.58. The van der Waals surface area contributed by atoms with Crippen LogP contribution < -0.4 is 5.46 Å². The first-order valence-corrected chi connectivity index (χ1v) is 14.0. The first-order valence-electron chi connectivity index (χ1n) is 14.0. The predicted octanol–water partition coefficient (Wildman–Crippen LogP) is 8.50. The van der Waals surface area contributed by atoms with E-state index in [-0.39, 0.29) is 0 Å². The Morgan fingerprint density at radius 2 is 0.732 bits per heavy atom. The van der Waals surface area contributed by atoms with Crippen LogP contribution in [0.25, 0.3) is 86.9 Å². The third kappa shape index (κ3) is 3.22. The van der Waals surface area contributed by atoms with E-state index in [0.29, 0.717) is 5.46 Å². The van der Waals surface area contributed by atoms with Gasteiger partial charge in [-0.05, 0) is 98.4 Å². The molecule has 9 aromatic carbocycles. The Hall–Kier alpha value is -4.96. The number of hydrogen-bond donors (Lipinski definition) is 2. The Morgan fingerprint density at radius 1 is 0.366 bits per heavy atom. The molecule has 0 atom stereocenters. The number of rotatable bonds is 3. The highest BCUT2D eigenvalue weighted by molar-refractivity contribution is 6.59. The van der Waals surface area contributed by atoms with Crippen molar-refractivity contribution < 1.29 is 10.0 Å². The van der Waals surface area contributed by atoms with E-state index >= 15 is 0 Å². The fraction of sp³-hybridized carbons (Fsp3) is 0. The molecule has 9 aromatic rings. The Kier molecular flexibility index (Phi) is 4.61. The average Bonchev–Trinajstić information content (AvgIpc) is 3.02. The lowest BCUT2D eigenvalue weighted by Gasteiger charge is -2.17. The molecular formula is C38H23BO2. The highest BCUT2D eigenvalue weighted by Gasteiger charge is 2.19. The molecule has 2 N–H and O–H groups in total. The molecule has 0 saturated heterocycles. The van der Waals surface area contributed by atoms with Gasteiger partial charge in [0.15, 0.2) is 0 Å². The van der Waals surface area contributed by atoms with E-state index in [4.69, 9.17) is 0 Å². The van der Waals surface area contributed by atoms with E-state index in [1.165, 1.54) is 53.9 Å². The van der Waals surface area contributed by atoms with E-state index in [9.17, 15) is 10.0 Å². The summed E-state index contributed by atoms with van der Waals surface area (Å²) in [4.78, 5) is 0. The molecule has 0 bridgehead atoms. The van der Waals surface area contributed by atoms with Crippen LogP contribution in [-0.2, 0) is 0 Å². The summed E-state index contributed by atoms with van der Waals surface area (Å²) in [6.45, 7) is 0. The zero-order valence-corrected chi connectivity index (χ0v) is 22.1. The van der Waals surface area contributed by atoms with E-state index in [1.54, 1.807) is 0 Å². The lowest BCUT2D eigenvalue weighted by molar-refractivity contribution is 0.426. The molecule has 3 heteroatoms. The molecule has 0 radical (unpaired) electrons. The van der Waals surface area contributed by atoms with Crippen LogP contribution in [0.2, 0.25) is 0 Å². The Labute approximate surface area is 236 Å². The lowest BCUT2D eigenvalue weighted by atomic mass is 9.76. The van der Waals surface area contributed by atoms with Crippen molar-refractivity contribution >= 4 is 77.2 Å². The van der Waals surface area contributed by atoms with Gasteiger partial charge in [-0.1, -0.05) is 121 Å². The fourth-order valence-corrected chi connectivity index (χ4v) is 7.09. The molecule has 2 nitrogen and oxygen atoms in total. The molecule has 0 aliphatic carbocycles. The van der Waals surface area contributed by atoms with E-state index in [2.05, 4.69) is 115 Å². The van der Waals surface area contributed by atoms with Crippen molar-refractivity contribution in [2.75, 3.05) is 0 Å². The largest absolute Gasteiger partial charge is 0.488 e. The van der Waals surface area contributed by atoms with Crippen LogP contribution in [0.3, 0.4) is 0 Å². The van der Waals surface area contributed by atoms with Crippen molar-refractivity contribution in [3.8, 4) is 22.3 Å². The standard InChI is InChI=1S/C38H23BO2/c40-39(41)30-20-28(31-15-11-26-9-7-22-3-1-5-24-13-17-33(31)37(26)35(22)24)19-29(21-30)32-16-12-27-10-8-23-4-2-6-25-14-18-34(32)38(27)36(23)25/h1-21,40-41H. The molecule has 0 heterocycles. The molecule has 190 valence electrons. The van der Waals surface area contributed by atoms with Gasteiger partial charge in [-0.3, -0.25) is 0 Å². The monoisotopic (exact) mass is 522 g/mol. The summed E-state index contributed by atoms with van der Waals surface area (Å²) in [5, 5.41) is 35.5. The van der Waals surface area contributed by atoms with Gasteiger partial charge in [-0.15, -0.1) is 0 Å². The van der Waals surface area contributed by atoms with Gasteiger partial charge in [0.2, 0.25) is 0 Å². The molecule has 0 spiro atoms. The maximum atomic E-state index is 10.4. The summed E-state index contributed by atoms with van der Waals surface area (Å²) in [6.07, 6.45) is 0. The molecule has 0 aliphatic rings. The summed E-state index contributed by atoms with van der Waals surface area (Å²) >= 11 is 0. The summed E-state index contributed by atoms with van der Waals surface area (Å²) < 4.78 is 0. The SMILES string of the molecule is OB(O)c1cc(-c2ccc3ccc4cccc5ccc2c3c45)cc(-c2ccc3ccc4cccc5ccc2c3c45)c1. The van der Waals surface area contributed by atoms with Gasteiger partial charge in [-0.2, -0.15) is 0 Å². The molecule has 0 saturated carbocycles. The van der Waals surface area contributed by atoms with Crippen molar-refractivity contribution in [3.05, 3.63) is 127 Å². The fourth-order valence-electron chi connectivity index (χ4n) is 7.09. The predicted molar refractivity (Wildman–Crippen MR) is 175 cm³/mol. The third-order valence-corrected chi connectivity index (χ3v) is 8.93. The van der Waals surface area contributed by atoms with Gasteiger partial charge in [-0.25, -0.2) is 0 Å². The Bertz CT molecular complexity index is 2260. The summed E-state index contributed by atoms with van der Waals surface area (Å²) in [5.41, 5.74) is 4.58. The zero-order chi connectivity index (χ0) is 27.2. The summed E-state index contributed by atoms with van der Waals surface area (Å²) in [5.74, 6) is 0. The van der Waals surface area contributed by atoms with E-state index in [1.807, 2.05) is 12.1 Å². The van der Waals surface area contributed by atoms with Crippen molar-refractivity contribution in [1.82, 2.24) is 0 Å². The highest BCUT2D eigenvalue weighted by atomic mass is 16.4. The maximum absolute atomic E-state index is 10.4. The molecule has 0 amide bonds. The van der Waals surface area contributed by atoms with Crippen LogP contribution in [0.15, 0.2) is 127 Å². The Balaban J connectivity index is 1.34. The minimum Gasteiger partial charge on any atom is -0.423 e. The lowest BCUT2D eigenvalue weighted by Crippen LogP contribution is -2.30. The molecule has 0 aromatic heterocycles. The highest BCUT2D eigenvalue weighted by Crippen LogP contribution is 2.42. The second kappa shape index (κ2) is 8.28. The molecule has 0 aliphatic heterocycles. The zero-order valence-electron chi connectivity index (χ0n) is 22.1. The van der Waals surface area contributed by atoms with Gasteiger partial charge in [0.05, 0.1) is 0 Å². The summed E-state index contributed by atoms with van der Waals surface area (Å²) in [6, 6.07) is 45.2. The van der Waals surface area contributed by atoms with E-state index in [0.717, 1.165) is 33.0 Å². The minimum absolute atomic E-state index is 0.480. The smallest absolute Gasteiger partial charge is 0.423 e. The van der Waals surface area contributed by atoms with Crippen LogP contribution >= 0.6 is 0 Å². The minimum atomic E-state index is -1.58. The number of benzene rings is 9. The van der Waals surface area contributed by atoms with Crippen molar-refractivity contribution in [2.45, 2.75) is 0 Å². The first kappa shape index (κ1) is 22.8. The first-order chi connectivity index (χ1) is 20.1. The van der Waals surface area contributed by atoms with Crippen molar-refractivity contribution in [1.29, 1.82) is 0 Å². The van der Waals surface area contributed by atoms with Gasteiger partial charge in [0, 0.05) is 0 Å². The van der Waals surface area contributed by atoms with Crippen LogP contribution in [0.1, 0.15) is 0 Å². The van der Waals surface area contributed by atoms with Gasteiger partial charge < -0.3 is 10.0 Å². The van der Waals surface area contributed by atoms with Crippen molar-refractivity contribution in [2.24, 2.45) is 0 Å². The molecular weight excluding hydrogens is 499 g/mol. The average molecular weight is 522 g/mol. The molecule has 9 rings (SSSR count). The van der Waals surface area contributed by atoms with E-state index < -0.39 is 7.12 Å². The normalized spacial score (nSPS) is 12.1. The van der Waals surface area contributed by atoms with Gasteiger partial charge in [0.25, 0.3) is 0 Å². The molecule has 0 unspecified atom stereocenters. The van der Waals surface area contributed by atoms with Crippen LogP contribution in [0, 0.1) is 0 Å². The van der Waals surface area contributed by atoms with Gasteiger partial charge >= 0.3 is 7.12 Å². The molecule has 0 fully saturated rings. The maximum Gasteiger partial charge on any atom is 0.488 e. The third-order valence-electron chi connectivity index (χ3n) is 8.93. The second-order valence-electron chi connectivity index (χ2n) is 11.2. The van der Waals surface area contributed by atoms with Crippen LogP contribution in [0.5, 0.6) is 0 Å². The second-order valence-corrected chi connectivity index (χ2v) is 11.2.